The van der Waals surface area contributed by atoms with Crippen LogP contribution in [0.3, 0.4) is 0 Å². The fourth-order valence-corrected chi connectivity index (χ4v) is 2.10. The quantitative estimate of drug-likeness (QED) is 0.785. The maximum absolute atomic E-state index is 11.4. The number of hydrogen-bond acceptors (Lipinski definition) is 3. The molecule has 1 aromatic heterocycles. The first-order chi connectivity index (χ1) is 8.27. The Kier molecular flexibility index (Phi) is 6.38. The van der Waals surface area contributed by atoms with E-state index in [0.29, 0.717) is 13.0 Å². The molecule has 0 unspecified atom stereocenters. The lowest BCUT2D eigenvalue weighted by molar-refractivity contribution is -0.121. The SMILES string of the molecule is CCCCC(=O)NCc1sccc1C#CCO. The van der Waals surface area contributed by atoms with Gasteiger partial charge in [0.1, 0.15) is 6.61 Å². The van der Waals surface area contributed by atoms with Crippen LogP contribution >= 0.6 is 11.3 Å². The van der Waals surface area contributed by atoms with Gasteiger partial charge in [0, 0.05) is 16.9 Å². The van der Waals surface area contributed by atoms with E-state index in [1.54, 1.807) is 11.3 Å². The minimum atomic E-state index is -0.141. The Morgan fingerprint density at radius 2 is 2.41 bits per heavy atom. The summed E-state index contributed by atoms with van der Waals surface area (Å²) in [6.45, 7) is 2.45. The molecule has 4 heteroatoms. The lowest BCUT2D eigenvalue weighted by Gasteiger charge is -2.03. The average molecular weight is 251 g/mol. The van der Waals surface area contributed by atoms with Gasteiger partial charge < -0.3 is 10.4 Å². The second-order valence-electron chi connectivity index (χ2n) is 3.60. The van der Waals surface area contributed by atoms with Crippen molar-refractivity contribution in [3.63, 3.8) is 0 Å². The fraction of sp³-hybridized carbons (Fsp3) is 0.462. The van der Waals surface area contributed by atoms with Crippen LogP contribution in [0.2, 0.25) is 0 Å². The molecule has 0 bridgehead atoms. The zero-order valence-electron chi connectivity index (χ0n) is 9.95. The number of carbonyl (C=O) groups excluding carboxylic acids is 1. The van der Waals surface area contributed by atoms with Crippen LogP contribution in [-0.2, 0) is 11.3 Å². The molecule has 0 saturated carbocycles. The van der Waals surface area contributed by atoms with Crippen LogP contribution < -0.4 is 5.32 Å². The molecule has 1 aromatic rings. The van der Waals surface area contributed by atoms with E-state index in [9.17, 15) is 4.79 Å². The highest BCUT2D eigenvalue weighted by Crippen LogP contribution is 2.15. The van der Waals surface area contributed by atoms with Crippen molar-refractivity contribution >= 4 is 17.2 Å². The second kappa shape index (κ2) is 7.88. The Labute approximate surface area is 106 Å². The first-order valence-electron chi connectivity index (χ1n) is 5.70. The highest BCUT2D eigenvalue weighted by Gasteiger charge is 2.04. The Balaban J connectivity index is 2.46. The molecular weight excluding hydrogens is 234 g/mol. The molecular formula is C13H17NO2S. The molecule has 0 atom stereocenters. The van der Waals surface area contributed by atoms with Crippen LogP contribution in [0.1, 0.15) is 36.6 Å². The summed E-state index contributed by atoms with van der Waals surface area (Å²) in [7, 11) is 0. The molecule has 17 heavy (non-hydrogen) atoms. The average Bonchev–Trinajstić information content (AvgIpc) is 2.78. The van der Waals surface area contributed by atoms with E-state index < -0.39 is 0 Å². The van der Waals surface area contributed by atoms with E-state index in [4.69, 9.17) is 5.11 Å². The molecule has 0 aliphatic heterocycles. The van der Waals surface area contributed by atoms with Gasteiger partial charge in [0.05, 0.1) is 6.54 Å². The molecule has 92 valence electrons. The Bertz CT molecular complexity index is 415. The molecule has 0 fully saturated rings. The van der Waals surface area contributed by atoms with Crippen LogP contribution in [0.25, 0.3) is 0 Å². The van der Waals surface area contributed by atoms with Gasteiger partial charge in [0.2, 0.25) is 5.91 Å². The third-order valence-electron chi connectivity index (χ3n) is 2.25. The number of carbonyl (C=O) groups is 1. The normalized spacial score (nSPS) is 9.53. The van der Waals surface area contributed by atoms with Gasteiger partial charge in [0.15, 0.2) is 0 Å². The van der Waals surface area contributed by atoms with E-state index in [1.165, 1.54) is 0 Å². The number of nitrogens with one attached hydrogen (secondary N) is 1. The van der Waals surface area contributed by atoms with Crippen molar-refractivity contribution < 1.29 is 9.90 Å². The summed E-state index contributed by atoms with van der Waals surface area (Å²) >= 11 is 1.57. The number of unbranched alkanes of at least 4 members (excludes halogenated alkanes) is 1. The number of rotatable bonds is 5. The smallest absolute Gasteiger partial charge is 0.220 e. The summed E-state index contributed by atoms with van der Waals surface area (Å²) in [5.74, 6) is 5.57. The molecule has 3 nitrogen and oxygen atoms in total. The molecule has 1 amide bonds. The topological polar surface area (TPSA) is 49.3 Å². The molecule has 0 aliphatic carbocycles. The van der Waals surface area contributed by atoms with E-state index in [0.717, 1.165) is 23.3 Å². The predicted molar refractivity (Wildman–Crippen MR) is 69.7 cm³/mol. The van der Waals surface area contributed by atoms with Crippen LogP contribution in [-0.4, -0.2) is 17.6 Å². The highest BCUT2D eigenvalue weighted by molar-refractivity contribution is 7.10. The number of aliphatic hydroxyl groups is 1. The van der Waals surface area contributed by atoms with Crippen molar-refractivity contribution in [1.82, 2.24) is 5.32 Å². The Hall–Kier alpha value is -1.31. The molecule has 2 N–H and O–H groups in total. The van der Waals surface area contributed by atoms with Crippen LogP contribution in [0.5, 0.6) is 0 Å². The van der Waals surface area contributed by atoms with Gasteiger partial charge in [-0.1, -0.05) is 25.2 Å². The highest BCUT2D eigenvalue weighted by atomic mass is 32.1. The van der Waals surface area contributed by atoms with Gasteiger partial charge in [-0.2, -0.15) is 0 Å². The maximum atomic E-state index is 11.4. The molecule has 0 saturated heterocycles. The molecule has 0 aromatic carbocycles. The van der Waals surface area contributed by atoms with Gasteiger partial charge in [-0.15, -0.1) is 11.3 Å². The van der Waals surface area contributed by atoms with Crippen molar-refractivity contribution in [3.05, 3.63) is 21.9 Å². The summed E-state index contributed by atoms with van der Waals surface area (Å²) in [5.41, 5.74) is 0.889. The van der Waals surface area contributed by atoms with Gasteiger partial charge in [0.25, 0.3) is 0 Å². The minimum Gasteiger partial charge on any atom is -0.384 e. The number of thiophene rings is 1. The van der Waals surface area contributed by atoms with Crippen molar-refractivity contribution in [2.24, 2.45) is 0 Å². The first-order valence-corrected chi connectivity index (χ1v) is 6.58. The van der Waals surface area contributed by atoms with Gasteiger partial charge in [-0.3, -0.25) is 4.79 Å². The van der Waals surface area contributed by atoms with Crippen molar-refractivity contribution in [2.75, 3.05) is 6.61 Å². The third kappa shape index (κ3) is 5.03. The fourth-order valence-electron chi connectivity index (χ4n) is 1.33. The number of amides is 1. The molecule has 0 aliphatic rings. The lowest BCUT2D eigenvalue weighted by Crippen LogP contribution is -2.22. The maximum Gasteiger partial charge on any atom is 0.220 e. The zero-order chi connectivity index (χ0) is 12.5. The van der Waals surface area contributed by atoms with Crippen molar-refractivity contribution in [1.29, 1.82) is 0 Å². The molecule has 0 radical (unpaired) electrons. The van der Waals surface area contributed by atoms with Crippen LogP contribution in [0.15, 0.2) is 11.4 Å². The summed E-state index contributed by atoms with van der Waals surface area (Å²) in [5, 5.41) is 13.4. The largest absolute Gasteiger partial charge is 0.384 e. The monoisotopic (exact) mass is 251 g/mol. The predicted octanol–water partition coefficient (Wildman–Crippen LogP) is 1.90. The lowest BCUT2D eigenvalue weighted by atomic mass is 10.2. The van der Waals surface area contributed by atoms with E-state index in [1.807, 2.05) is 11.4 Å². The molecule has 1 rings (SSSR count). The Morgan fingerprint density at radius 3 is 3.12 bits per heavy atom. The van der Waals surface area contributed by atoms with Crippen LogP contribution in [0, 0.1) is 11.8 Å². The minimum absolute atomic E-state index is 0.0846. The number of hydrogen-bond donors (Lipinski definition) is 2. The Morgan fingerprint density at radius 1 is 1.59 bits per heavy atom. The second-order valence-corrected chi connectivity index (χ2v) is 4.60. The third-order valence-corrected chi connectivity index (χ3v) is 3.17. The molecule has 1 heterocycles. The van der Waals surface area contributed by atoms with Crippen molar-refractivity contribution in [3.8, 4) is 11.8 Å². The summed E-state index contributed by atoms with van der Waals surface area (Å²) in [6.07, 6.45) is 2.53. The van der Waals surface area contributed by atoms with Crippen molar-refractivity contribution in [2.45, 2.75) is 32.7 Å². The summed E-state index contributed by atoms with van der Waals surface area (Å²) in [6, 6.07) is 1.90. The van der Waals surface area contributed by atoms with Gasteiger partial charge in [-0.25, -0.2) is 0 Å². The summed E-state index contributed by atoms with van der Waals surface area (Å²) in [4.78, 5) is 12.5. The molecule has 0 spiro atoms. The van der Waals surface area contributed by atoms with Crippen LogP contribution in [0.4, 0.5) is 0 Å². The zero-order valence-corrected chi connectivity index (χ0v) is 10.8. The van der Waals surface area contributed by atoms with E-state index >= 15 is 0 Å². The van der Waals surface area contributed by atoms with E-state index in [-0.39, 0.29) is 12.5 Å². The number of aliphatic hydroxyl groups excluding tert-OH is 1. The summed E-state index contributed by atoms with van der Waals surface area (Å²) < 4.78 is 0. The van der Waals surface area contributed by atoms with Gasteiger partial charge in [-0.05, 0) is 17.9 Å². The first kappa shape index (κ1) is 13.8. The standard InChI is InChI=1S/C13H17NO2S/c1-2-3-6-13(16)14-10-12-11(5-4-8-15)7-9-17-12/h7,9,15H,2-3,6,8,10H2,1H3,(H,14,16). The van der Waals surface area contributed by atoms with Gasteiger partial charge >= 0.3 is 0 Å². The van der Waals surface area contributed by atoms with E-state index in [2.05, 4.69) is 24.1 Å².